The first-order valence-electron chi connectivity index (χ1n) is 7.99. The molecule has 0 saturated carbocycles. The van der Waals surface area contributed by atoms with Crippen LogP contribution in [0.1, 0.15) is 35.2 Å². The highest BCUT2D eigenvalue weighted by Gasteiger charge is 2.31. The zero-order valence-electron chi connectivity index (χ0n) is 13.8. The molecule has 0 radical (unpaired) electrons. The van der Waals surface area contributed by atoms with Gasteiger partial charge in [-0.3, -0.25) is 19.6 Å². The average Bonchev–Trinajstić information content (AvgIpc) is 3.15. The Morgan fingerprint density at radius 1 is 1.46 bits per heavy atom. The SMILES string of the molecule is Cc1ccc([N+](=O)[O-])c(N2CCCC2CC(=O)c2cnn(C)c2)c1. The summed E-state index contributed by atoms with van der Waals surface area (Å²) >= 11 is 0. The van der Waals surface area contributed by atoms with E-state index in [2.05, 4.69) is 5.10 Å². The fourth-order valence-corrected chi connectivity index (χ4v) is 3.28. The predicted octanol–water partition coefficient (Wildman–Crippen LogP) is 2.88. The first-order chi connectivity index (χ1) is 11.5. The lowest BCUT2D eigenvalue weighted by Crippen LogP contribution is -2.31. The standard InChI is InChI=1S/C17H20N4O3/c1-12-5-6-15(21(23)24)16(8-12)20-7-3-4-14(20)9-17(22)13-10-18-19(2)11-13/h5-6,8,10-11,14H,3-4,7,9H2,1-2H3. The molecule has 1 fully saturated rings. The Morgan fingerprint density at radius 2 is 2.25 bits per heavy atom. The molecule has 1 atom stereocenters. The third-order valence-corrected chi connectivity index (χ3v) is 4.46. The largest absolute Gasteiger partial charge is 0.363 e. The van der Waals surface area contributed by atoms with Gasteiger partial charge in [-0.05, 0) is 31.4 Å². The molecule has 7 nitrogen and oxygen atoms in total. The van der Waals surface area contributed by atoms with E-state index in [1.54, 1.807) is 36.3 Å². The normalized spacial score (nSPS) is 17.2. The van der Waals surface area contributed by atoms with Gasteiger partial charge in [-0.25, -0.2) is 0 Å². The molecule has 1 aliphatic heterocycles. The number of anilines is 1. The maximum absolute atomic E-state index is 12.5. The van der Waals surface area contributed by atoms with Gasteiger partial charge in [-0.1, -0.05) is 6.07 Å². The highest BCUT2D eigenvalue weighted by atomic mass is 16.6. The van der Waals surface area contributed by atoms with Crippen LogP contribution in [0.25, 0.3) is 0 Å². The van der Waals surface area contributed by atoms with E-state index < -0.39 is 0 Å². The van der Waals surface area contributed by atoms with Crippen LogP contribution in [0.4, 0.5) is 11.4 Å². The van der Waals surface area contributed by atoms with Crippen LogP contribution in [0.2, 0.25) is 0 Å². The van der Waals surface area contributed by atoms with Crippen LogP contribution < -0.4 is 4.90 Å². The molecule has 1 aromatic heterocycles. The monoisotopic (exact) mass is 328 g/mol. The second-order valence-corrected chi connectivity index (χ2v) is 6.27. The number of carbonyl (C=O) groups excluding carboxylic acids is 1. The van der Waals surface area contributed by atoms with Crippen molar-refractivity contribution in [1.29, 1.82) is 0 Å². The lowest BCUT2D eigenvalue weighted by Gasteiger charge is -2.26. The van der Waals surface area contributed by atoms with E-state index in [9.17, 15) is 14.9 Å². The van der Waals surface area contributed by atoms with Gasteiger partial charge in [0.1, 0.15) is 5.69 Å². The first-order valence-corrected chi connectivity index (χ1v) is 7.99. The summed E-state index contributed by atoms with van der Waals surface area (Å²) in [6.45, 7) is 2.65. The number of rotatable bonds is 5. The third-order valence-electron chi connectivity index (χ3n) is 4.46. The Bertz CT molecular complexity index is 784. The number of aryl methyl sites for hydroxylation is 2. The highest BCUT2D eigenvalue weighted by molar-refractivity contribution is 5.96. The van der Waals surface area contributed by atoms with Gasteiger partial charge in [0.05, 0.1) is 16.7 Å². The highest BCUT2D eigenvalue weighted by Crippen LogP contribution is 2.35. The van der Waals surface area contributed by atoms with Gasteiger partial charge >= 0.3 is 0 Å². The van der Waals surface area contributed by atoms with Crippen molar-refractivity contribution in [1.82, 2.24) is 9.78 Å². The molecule has 24 heavy (non-hydrogen) atoms. The number of nitrogens with zero attached hydrogens (tertiary/aromatic N) is 4. The molecule has 1 aliphatic rings. The number of nitro groups is 1. The Hall–Kier alpha value is -2.70. The number of aromatic nitrogens is 2. The van der Waals surface area contributed by atoms with Gasteiger partial charge in [0.25, 0.3) is 5.69 Å². The number of benzene rings is 1. The number of hydrogen-bond acceptors (Lipinski definition) is 5. The Balaban J connectivity index is 1.85. The molecule has 1 aromatic carbocycles. The maximum atomic E-state index is 12.5. The van der Waals surface area contributed by atoms with Crippen LogP contribution in [0, 0.1) is 17.0 Å². The molecule has 0 amide bonds. The van der Waals surface area contributed by atoms with Gasteiger partial charge in [0.15, 0.2) is 5.78 Å². The quantitative estimate of drug-likeness (QED) is 0.479. The van der Waals surface area contributed by atoms with E-state index in [1.807, 2.05) is 17.9 Å². The summed E-state index contributed by atoms with van der Waals surface area (Å²) in [5.41, 5.74) is 2.27. The molecular weight excluding hydrogens is 308 g/mol. The minimum Gasteiger partial charge on any atom is -0.363 e. The zero-order valence-corrected chi connectivity index (χ0v) is 13.8. The van der Waals surface area contributed by atoms with Crippen molar-refractivity contribution in [2.24, 2.45) is 7.05 Å². The summed E-state index contributed by atoms with van der Waals surface area (Å²) in [6, 6.07) is 5.11. The van der Waals surface area contributed by atoms with Crippen molar-refractivity contribution >= 4 is 17.2 Å². The lowest BCUT2D eigenvalue weighted by molar-refractivity contribution is -0.384. The summed E-state index contributed by atoms with van der Waals surface area (Å²) in [7, 11) is 1.77. The molecule has 0 N–H and O–H groups in total. The van der Waals surface area contributed by atoms with Crippen LogP contribution in [-0.4, -0.2) is 33.1 Å². The molecule has 1 unspecified atom stereocenters. The number of Topliss-reactive ketones (excluding diaryl/α,β-unsaturated/α-hetero) is 1. The summed E-state index contributed by atoms with van der Waals surface area (Å²) in [5, 5.41) is 15.4. The van der Waals surface area contributed by atoms with Crippen molar-refractivity contribution in [3.63, 3.8) is 0 Å². The Labute approximate surface area is 140 Å². The minimum absolute atomic E-state index is 0.0155. The fourth-order valence-electron chi connectivity index (χ4n) is 3.28. The second kappa shape index (κ2) is 6.43. The molecule has 1 saturated heterocycles. The van der Waals surface area contributed by atoms with Gasteiger partial charge in [0.2, 0.25) is 0 Å². The van der Waals surface area contributed by atoms with Crippen LogP contribution in [-0.2, 0) is 7.05 Å². The summed E-state index contributed by atoms with van der Waals surface area (Å²) in [4.78, 5) is 25.5. The molecular formula is C17H20N4O3. The number of hydrogen-bond donors (Lipinski definition) is 0. The molecule has 0 spiro atoms. The predicted molar refractivity (Wildman–Crippen MR) is 90.4 cm³/mol. The molecule has 3 rings (SSSR count). The van der Waals surface area contributed by atoms with Crippen LogP contribution >= 0.6 is 0 Å². The van der Waals surface area contributed by atoms with Crippen LogP contribution in [0.15, 0.2) is 30.6 Å². The molecule has 126 valence electrons. The van der Waals surface area contributed by atoms with E-state index in [-0.39, 0.29) is 22.4 Å². The fraction of sp³-hybridized carbons (Fsp3) is 0.412. The van der Waals surface area contributed by atoms with Crippen LogP contribution in [0.5, 0.6) is 0 Å². The average molecular weight is 328 g/mol. The van der Waals surface area contributed by atoms with Crippen molar-refractivity contribution in [3.8, 4) is 0 Å². The van der Waals surface area contributed by atoms with E-state index in [4.69, 9.17) is 0 Å². The van der Waals surface area contributed by atoms with Gasteiger partial charge < -0.3 is 4.90 Å². The molecule has 7 heteroatoms. The summed E-state index contributed by atoms with van der Waals surface area (Å²) < 4.78 is 1.60. The molecule has 0 aliphatic carbocycles. The molecule has 0 bridgehead atoms. The molecule has 2 aromatic rings. The van der Waals surface area contributed by atoms with E-state index >= 15 is 0 Å². The van der Waals surface area contributed by atoms with Gasteiger partial charge in [0, 0.05) is 38.3 Å². The zero-order chi connectivity index (χ0) is 17.3. The third kappa shape index (κ3) is 3.15. The van der Waals surface area contributed by atoms with Crippen molar-refractivity contribution < 1.29 is 9.72 Å². The van der Waals surface area contributed by atoms with Crippen molar-refractivity contribution in [3.05, 3.63) is 51.8 Å². The van der Waals surface area contributed by atoms with Crippen molar-refractivity contribution in [2.45, 2.75) is 32.2 Å². The number of nitro benzene ring substituents is 1. The molecule has 2 heterocycles. The van der Waals surface area contributed by atoms with E-state index in [1.165, 1.54) is 0 Å². The smallest absolute Gasteiger partial charge is 0.292 e. The van der Waals surface area contributed by atoms with Crippen molar-refractivity contribution in [2.75, 3.05) is 11.4 Å². The maximum Gasteiger partial charge on any atom is 0.292 e. The first kappa shape index (κ1) is 16.2. The van der Waals surface area contributed by atoms with Crippen LogP contribution in [0.3, 0.4) is 0 Å². The lowest BCUT2D eigenvalue weighted by atomic mass is 10.0. The van der Waals surface area contributed by atoms with Gasteiger partial charge in [-0.2, -0.15) is 5.10 Å². The Morgan fingerprint density at radius 3 is 2.92 bits per heavy atom. The van der Waals surface area contributed by atoms with E-state index in [0.29, 0.717) is 17.7 Å². The number of carbonyl (C=O) groups is 1. The topological polar surface area (TPSA) is 81.3 Å². The number of ketones is 1. The minimum atomic E-state index is -0.354. The second-order valence-electron chi connectivity index (χ2n) is 6.27. The van der Waals surface area contributed by atoms with Gasteiger partial charge in [-0.15, -0.1) is 0 Å². The Kier molecular flexibility index (Phi) is 4.33. The summed E-state index contributed by atoms with van der Waals surface area (Å²) in [5.74, 6) is 0.0234. The van der Waals surface area contributed by atoms with E-state index in [0.717, 1.165) is 24.9 Å². The summed E-state index contributed by atoms with van der Waals surface area (Å²) in [6.07, 6.45) is 5.40.